The van der Waals surface area contributed by atoms with Crippen LogP contribution in [0.25, 0.3) is 10.6 Å². The lowest BCUT2D eigenvalue weighted by molar-refractivity contribution is 0.101. The quantitative estimate of drug-likeness (QED) is 0.347. The number of carbonyl (C=O) groups is 2. The third-order valence-corrected chi connectivity index (χ3v) is 6.02. The molecule has 9 heteroatoms. The van der Waals surface area contributed by atoms with Crippen LogP contribution in [-0.2, 0) is 0 Å². The molecule has 0 aliphatic heterocycles. The number of hydrogen-bond acceptors (Lipinski definition) is 7. The first-order valence-electron chi connectivity index (χ1n) is 10.6. The lowest BCUT2D eigenvalue weighted by Crippen LogP contribution is -2.14. The van der Waals surface area contributed by atoms with Gasteiger partial charge < -0.3 is 24.8 Å². The van der Waals surface area contributed by atoms with E-state index in [4.69, 9.17) is 14.2 Å². The maximum absolute atomic E-state index is 12.7. The van der Waals surface area contributed by atoms with Gasteiger partial charge in [-0.2, -0.15) is 0 Å². The Morgan fingerprint density at radius 2 is 1.49 bits per heavy atom. The van der Waals surface area contributed by atoms with E-state index in [9.17, 15) is 9.59 Å². The largest absolute Gasteiger partial charge is 0.495 e. The van der Waals surface area contributed by atoms with Crippen molar-refractivity contribution in [1.82, 2.24) is 4.98 Å². The van der Waals surface area contributed by atoms with Gasteiger partial charge in [0, 0.05) is 22.2 Å². The van der Waals surface area contributed by atoms with E-state index in [0.29, 0.717) is 39.2 Å². The van der Waals surface area contributed by atoms with Gasteiger partial charge in [0.15, 0.2) is 11.5 Å². The van der Waals surface area contributed by atoms with Crippen molar-refractivity contribution in [2.75, 3.05) is 32.0 Å². The summed E-state index contributed by atoms with van der Waals surface area (Å²) in [5, 5.41) is 8.00. The van der Waals surface area contributed by atoms with Crippen LogP contribution in [0.4, 0.5) is 11.4 Å². The van der Waals surface area contributed by atoms with Crippen molar-refractivity contribution in [1.29, 1.82) is 0 Å². The molecule has 0 fully saturated rings. The number of benzene rings is 3. The van der Waals surface area contributed by atoms with E-state index in [1.807, 2.05) is 24.3 Å². The first-order chi connectivity index (χ1) is 17.0. The molecule has 0 aliphatic rings. The molecule has 0 aliphatic carbocycles. The molecule has 0 spiro atoms. The highest BCUT2D eigenvalue weighted by atomic mass is 32.1. The van der Waals surface area contributed by atoms with Crippen LogP contribution in [0, 0.1) is 0 Å². The summed E-state index contributed by atoms with van der Waals surface area (Å²) in [7, 11) is 4.68. The Labute approximate surface area is 206 Å². The Hall–Kier alpha value is -4.37. The monoisotopic (exact) mass is 489 g/mol. The maximum atomic E-state index is 12.7. The zero-order valence-electron chi connectivity index (χ0n) is 19.3. The maximum Gasteiger partial charge on any atom is 0.275 e. The second-order valence-electron chi connectivity index (χ2n) is 7.29. The fourth-order valence-corrected chi connectivity index (χ4v) is 4.12. The molecule has 1 aromatic heterocycles. The number of thiazole rings is 1. The number of hydrogen-bond donors (Lipinski definition) is 2. The number of nitrogens with one attached hydrogen (secondary N) is 2. The first kappa shape index (κ1) is 23.8. The number of carbonyl (C=O) groups excluding carboxylic acids is 2. The van der Waals surface area contributed by atoms with E-state index in [-0.39, 0.29) is 17.5 Å². The zero-order valence-corrected chi connectivity index (χ0v) is 20.1. The SMILES string of the molecule is COc1ccccc1NC(=O)c1ccc(NC(=O)c2csc(-c3ccc(OC)c(OC)c3)n2)cc1. The number of rotatable bonds is 8. The summed E-state index contributed by atoms with van der Waals surface area (Å²) in [6.45, 7) is 0. The molecule has 2 amide bonds. The second-order valence-corrected chi connectivity index (χ2v) is 8.15. The lowest BCUT2D eigenvalue weighted by Gasteiger charge is -2.10. The average molecular weight is 490 g/mol. The summed E-state index contributed by atoms with van der Waals surface area (Å²) in [4.78, 5) is 29.7. The molecule has 4 aromatic rings. The van der Waals surface area contributed by atoms with Crippen LogP contribution >= 0.6 is 11.3 Å². The van der Waals surface area contributed by atoms with Crippen molar-refractivity contribution >= 4 is 34.5 Å². The van der Waals surface area contributed by atoms with E-state index in [0.717, 1.165) is 5.56 Å². The number of amides is 2. The topological polar surface area (TPSA) is 98.8 Å². The molecule has 0 atom stereocenters. The van der Waals surface area contributed by atoms with Crippen LogP contribution in [0.1, 0.15) is 20.8 Å². The molecule has 4 rings (SSSR count). The predicted octanol–water partition coefficient (Wildman–Crippen LogP) is 5.34. The molecule has 2 N–H and O–H groups in total. The van der Waals surface area contributed by atoms with E-state index >= 15 is 0 Å². The van der Waals surface area contributed by atoms with Gasteiger partial charge >= 0.3 is 0 Å². The fourth-order valence-electron chi connectivity index (χ4n) is 3.32. The van der Waals surface area contributed by atoms with Crippen LogP contribution < -0.4 is 24.8 Å². The molecule has 1 heterocycles. The summed E-state index contributed by atoms with van der Waals surface area (Å²) in [6.07, 6.45) is 0. The molecule has 0 bridgehead atoms. The number of anilines is 2. The Morgan fingerprint density at radius 1 is 0.771 bits per heavy atom. The molecular formula is C26H23N3O5S. The summed E-state index contributed by atoms with van der Waals surface area (Å²) in [5.74, 6) is 1.14. The van der Waals surface area contributed by atoms with E-state index < -0.39 is 0 Å². The third kappa shape index (κ3) is 5.42. The van der Waals surface area contributed by atoms with Crippen molar-refractivity contribution in [3.63, 3.8) is 0 Å². The summed E-state index contributed by atoms with van der Waals surface area (Å²) in [6, 6.07) is 19.2. The number of methoxy groups -OCH3 is 3. The number of para-hydroxylation sites is 2. The van der Waals surface area contributed by atoms with Crippen molar-refractivity contribution in [3.8, 4) is 27.8 Å². The Bertz CT molecular complexity index is 1350. The van der Waals surface area contributed by atoms with Gasteiger partial charge in [0.05, 0.1) is 27.0 Å². The van der Waals surface area contributed by atoms with E-state index in [1.54, 1.807) is 69.2 Å². The predicted molar refractivity (Wildman–Crippen MR) is 136 cm³/mol. The van der Waals surface area contributed by atoms with Gasteiger partial charge in [0.25, 0.3) is 11.8 Å². The van der Waals surface area contributed by atoms with Crippen molar-refractivity contribution < 1.29 is 23.8 Å². The van der Waals surface area contributed by atoms with Crippen LogP contribution in [0.5, 0.6) is 17.2 Å². The van der Waals surface area contributed by atoms with Gasteiger partial charge in [0.1, 0.15) is 16.5 Å². The van der Waals surface area contributed by atoms with Crippen molar-refractivity contribution in [2.45, 2.75) is 0 Å². The van der Waals surface area contributed by atoms with Crippen LogP contribution in [0.2, 0.25) is 0 Å². The third-order valence-electron chi connectivity index (χ3n) is 5.13. The number of nitrogens with zero attached hydrogens (tertiary/aromatic N) is 1. The second kappa shape index (κ2) is 10.7. The minimum absolute atomic E-state index is 0.286. The minimum Gasteiger partial charge on any atom is -0.495 e. The Morgan fingerprint density at radius 3 is 2.20 bits per heavy atom. The molecule has 0 saturated carbocycles. The fraction of sp³-hybridized carbons (Fsp3) is 0.115. The van der Waals surface area contributed by atoms with E-state index in [2.05, 4.69) is 15.6 Å². The highest BCUT2D eigenvalue weighted by molar-refractivity contribution is 7.13. The molecule has 0 unspecified atom stereocenters. The standard InChI is InChI=1S/C26H23N3O5S/c1-32-21-7-5-4-6-19(21)28-24(30)16-8-11-18(12-9-16)27-25(31)20-15-35-26(29-20)17-10-13-22(33-2)23(14-17)34-3/h4-15H,1-3H3,(H,27,31)(H,28,30). The minimum atomic E-state index is -0.348. The van der Waals surface area contributed by atoms with Gasteiger partial charge in [-0.3, -0.25) is 9.59 Å². The van der Waals surface area contributed by atoms with Crippen LogP contribution in [-0.4, -0.2) is 38.1 Å². The van der Waals surface area contributed by atoms with Crippen LogP contribution in [0.15, 0.2) is 72.1 Å². The summed E-state index contributed by atoms with van der Waals surface area (Å²) < 4.78 is 15.9. The van der Waals surface area contributed by atoms with E-state index in [1.165, 1.54) is 11.3 Å². The van der Waals surface area contributed by atoms with Gasteiger partial charge in [-0.05, 0) is 54.6 Å². The molecular weight excluding hydrogens is 466 g/mol. The van der Waals surface area contributed by atoms with Crippen LogP contribution in [0.3, 0.4) is 0 Å². The van der Waals surface area contributed by atoms with Gasteiger partial charge in [-0.15, -0.1) is 11.3 Å². The van der Waals surface area contributed by atoms with Gasteiger partial charge in [-0.25, -0.2) is 4.98 Å². The van der Waals surface area contributed by atoms with Gasteiger partial charge in [-0.1, -0.05) is 12.1 Å². The molecule has 8 nitrogen and oxygen atoms in total. The zero-order chi connectivity index (χ0) is 24.8. The lowest BCUT2D eigenvalue weighted by atomic mass is 10.2. The van der Waals surface area contributed by atoms with Crippen molar-refractivity contribution in [3.05, 3.63) is 83.4 Å². The highest BCUT2D eigenvalue weighted by Gasteiger charge is 2.15. The normalized spacial score (nSPS) is 10.4. The highest BCUT2D eigenvalue weighted by Crippen LogP contribution is 2.33. The number of ether oxygens (including phenoxy) is 3. The first-order valence-corrected chi connectivity index (χ1v) is 11.4. The number of aromatic nitrogens is 1. The summed E-state index contributed by atoms with van der Waals surface area (Å²) >= 11 is 1.35. The molecule has 0 radical (unpaired) electrons. The molecule has 0 saturated heterocycles. The molecule has 3 aromatic carbocycles. The smallest absolute Gasteiger partial charge is 0.275 e. The van der Waals surface area contributed by atoms with Crippen molar-refractivity contribution in [2.24, 2.45) is 0 Å². The summed E-state index contributed by atoms with van der Waals surface area (Å²) in [5.41, 5.74) is 2.67. The Balaban J connectivity index is 1.42. The average Bonchev–Trinajstić information content (AvgIpc) is 3.39. The molecule has 35 heavy (non-hydrogen) atoms. The Kier molecular flexibility index (Phi) is 7.27. The van der Waals surface area contributed by atoms with Gasteiger partial charge in [0.2, 0.25) is 0 Å². The molecule has 178 valence electrons.